The number of benzene rings is 2. The van der Waals surface area contributed by atoms with Crippen molar-refractivity contribution in [2.45, 2.75) is 19.3 Å². The van der Waals surface area contributed by atoms with Crippen molar-refractivity contribution in [2.75, 3.05) is 23.9 Å². The first-order valence-electron chi connectivity index (χ1n) is 8.62. The molecule has 2 aromatic rings. The molecule has 5 nitrogen and oxygen atoms in total. The molecule has 2 aromatic carbocycles. The molecule has 0 atom stereocenters. The van der Waals surface area contributed by atoms with Crippen LogP contribution in [0.2, 0.25) is 0 Å². The Labute approximate surface area is 153 Å². The maximum atomic E-state index is 12.5. The number of ether oxygens (including phenoxy) is 1. The molecule has 1 saturated heterocycles. The largest absolute Gasteiger partial charge is 0.496 e. The topological polar surface area (TPSA) is 58.6 Å². The van der Waals surface area contributed by atoms with Gasteiger partial charge >= 0.3 is 0 Å². The van der Waals surface area contributed by atoms with Gasteiger partial charge in [0.1, 0.15) is 5.75 Å². The van der Waals surface area contributed by atoms with Crippen molar-refractivity contribution in [1.29, 1.82) is 0 Å². The van der Waals surface area contributed by atoms with E-state index in [1.54, 1.807) is 30.2 Å². The lowest BCUT2D eigenvalue weighted by atomic mass is 10.1. The number of amides is 2. The molecule has 1 fully saturated rings. The van der Waals surface area contributed by atoms with Crippen molar-refractivity contribution in [1.82, 2.24) is 0 Å². The van der Waals surface area contributed by atoms with E-state index < -0.39 is 0 Å². The summed E-state index contributed by atoms with van der Waals surface area (Å²) in [5.41, 5.74) is 3.02. The fraction of sp³-hybridized carbons (Fsp3) is 0.238. The monoisotopic (exact) mass is 350 g/mol. The molecule has 0 spiro atoms. The van der Waals surface area contributed by atoms with E-state index in [1.165, 1.54) is 0 Å². The molecule has 0 unspecified atom stereocenters. The van der Waals surface area contributed by atoms with Gasteiger partial charge in [-0.1, -0.05) is 6.08 Å². The summed E-state index contributed by atoms with van der Waals surface area (Å²) < 4.78 is 5.31. The highest BCUT2D eigenvalue weighted by molar-refractivity contribution is 6.04. The predicted molar refractivity (Wildman–Crippen MR) is 103 cm³/mol. The molecule has 0 bridgehead atoms. The van der Waals surface area contributed by atoms with Crippen LogP contribution in [0.5, 0.6) is 5.75 Å². The molecule has 1 aliphatic rings. The molecule has 0 aliphatic carbocycles. The molecule has 26 heavy (non-hydrogen) atoms. The van der Waals surface area contributed by atoms with E-state index in [-0.39, 0.29) is 11.8 Å². The molecule has 3 rings (SSSR count). The molecule has 5 heteroatoms. The smallest absolute Gasteiger partial charge is 0.255 e. The lowest BCUT2D eigenvalue weighted by molar-refractivity contribution is -0.117. The number of nitrogens with one attached hydrogen (secondary N) is 1. The highest BCUT2D eigenvalue weighted by Gasteiger charge is 2.21. The summed E-state index contributed by atoms with van der Waals surface area (Å²) in [6, 6.07) is 12.7. The van der Waals surface area contributed by atoms with Crippen molar-refractivity contribution in [3.8, 4) is 5.75 Å². The normalized spacial score (nSPS) is 13.6. The van der Waals surface area contributed by atoms with Crippen molar-refractivity contribution < 1.29 is 14.3 Å². The van der Waals surface area contributed by atoms with Crippen molar-refractivity contribution >= 4 is 23.2 Å². The Kier molecular flexibility index (Phi) is 5.37. The van der Waals surface area contributed by atoms with Crippen LogP contribution < -0.4 is 15.0 Å². The fourth-order valence-electron chi connectivity index (χ4n) is 3.08. The van der Waals surface area contributed by atoms with Crippen molar-refractivity contribution in [2.24, 2.45) is 0 Å². The molecule has 0 saturated carbocycles. The van der Waals surface area contributed by atoms with Crippen molar-refractivity contribution in [3.05, 3.63) is 66.2 Å². The first-order chi connectivity index (χ1) is 12.6. The van der Waals surface area contributed by atoms with Crippen molar-refractivity contribution in [3.63, 3.8) is 0 Å². The zero-order valence-corrected chi connectivity index (χ0v) is 14.8. The Balaban J connectivity index is 1.72. The van der Waals surface area contributed by atoms with Crippen LogP contribution in [0.3, 0.4) is 0 Å². The second-order valence-electron chi connectivity index (χ2n) is 6.17. The summed E-state index contributed by atoms with van der Waals surface area (Å²) in [6.07, 6.45) is 3.89. The number of hydrogen-bond acceptors (Lipinski definition) is 3. The van der Waals surface area contributed by atoms with Gasteiger partial charge in [0.2, 0.25) is 5.91 Å². The van der Waals surface area contributed by atoms with E-state index in [1.807, 2.05) is 30.3 Å². The molecular formula is C21H22N2O3. The fourth-order valence-corrected chi connectivity index (χ4v) is 3.08. The third kappa shape index (κ3) is 3.77. The zero-order chi connectivity index (χ0) is 18.5. The number of nitrogens with zero attached hydrogens (tertiary/aromatic N) is 1. The number of methoxy groups -OCH3 is 1. The first-order valence-corrected chi connectivity index (χ1v) is 8.62. The van der Waals surface area contributed by atoms with Crippen LogP contribution in [0.25, 0.3) is 0 Å². The van der Waals surface area contributed by atoms with Gasteiger partial charge in [0.15, 0.2) is 0 Å². The Morgan fingerprint density at radius 2 is 2.04 bits per heavy atom. The molecule has 1 heterocycles. The summed E-state index contributed by atoms with van der Waals surface area (Å²) in [5, 5.41) is 2.89. The van der Waals surface area contributed by atoms with Crippen LogP contribution >= 0.6 is 0 Å². The minimum Gasteiger partial charge on any atom is -0.496 e. The van der Waals surface area contributed by atoms with Crippen LogP contribution in [-0.2, 0) is 11.2 Å². The number of anilines is 2. The summed E-state index contributed by atoms with van der Waals surface area (Å²) in [6.45, 7) is 4.49. The van der Waals surface area contributed by atoms with Gasteiger partial charge in [0.25, 0.3) is 5.91 Å². The standard InChI is InChI=1S/C21H22N2O3/c1-3-5-15-14-16(7-12-19(15)26-2)21(25)22-17-8-10-18(11-9-17)23-13-4-6-20(23)24/h3,7-12,14H,1,4-6,13H2,2H3,(H,22,25). The second kappa shape index (κ2) is 7.87. The van der Waals surface area contributed by atoms with Gasteiger partial charge in [0, 0.05) is 29.9 Å². The van der Waals surface area contributed by atoms with Crippen LogP contribution in [0.15, 0.2) is 55.1 Å². The van der Waals surface area contributed by atoms with Crippen LogP contribution in [0.4, 0.5) is 11.4 Å². The molecule has 0 aromatic heterocycles. The maximum Gasteiger partial charge on any atom is 0.255 e. The number of allylic oxidation sites excluding steroid dienone is 1. The maximum absolute atomic E-state index is 12.5. The Hall–Kier alpha value is -3.08. The van der Waals surface area contributed by atoms with Crippen LogP contribution in [0.1, 0.15) is 28.8 Å². The Morgan fingerprint density at radius 3 is 2.65 bits per heavy atom. The molecule has 2 amide bonds. The summed E-state index contributed by atoms with van der Waals surface area (Å²) in [4.78, 5) is 26.1. The lowest BCUT2D eigenvalue weighted by Crippen LogP contribution is -2.23. The highest BCUT2D eigenvalue weighted by Crippen LogP contribution is 2.24. The molecule has 1 N–H and O–H groups in total. The van der Waals surface area contributed by atoms with E-state index in [2.05, 4.69) is 11.9 Å². The van der Waals surface area contributed by atoms with E-state index in [9.17, 15) is 9.59 Å². The van der Waals surface area contributed by atoms with Gasteiger partial charge in [-0.15, -0.1) is 6.58 Å². The third-order valence-electron chi connectivity index (χ3n) is 4.42. The zero-order valence-electron chi connectivity index (χ0n) is 14.8. The molecule has 1 aliphatic heterocycles. The third-order valence-corrected chi connectivity index (χ3v) is 4.42. The minimum absolute atomic E-state index is 0.148. The van der Waals surface area contributed by atoms with Gasteiger partial charge in [-0.05, 0) is 60.9 Å². The molecule has 134 valence electrons. The van der Waals surface area contributed by atoms with Crippen LogP contribution in [-0.4, -0.2) is 25.5 Å². The Morgan fingerprint density at radius 1 is 1.27 bits per heavy atom. The van der Waals surface area contributed by atoms with E-state index in [0.29, 0.717) is 24.1 Å². The van der Waals surface area contributed by atoms with E-state index >= 15 is 0 Å². The number of carbonyl (C=O) groups excluding carboxylic acids is 2. The van der Waals surface area contributed by atoms with Gasteiger partial charge in [-0.3, -0.25) is 9.59 Å². The average molecular weight is 350 g/mol. The van der Waals surface area contributed by atoms with Gasteiger partial charge in [0.05, 0.1) is 7.11 Å². The van der Waals surface area contributed by atoms with E-state index in [4.69, 9.17) is 4.74 Å². The quantitative estimate of drug-likeness (QED) is 0.806. The van der Waals surface area contributed by atoms with E-state index in [0.717, 1.165) is 30.0 Å². The molecule has 0 radical (unpaired) electrons. The predicted octanol–water partition coefficient (Wildman–Crippen LogP) is 3.80. The number of carbonyl (C=O) groups is 2. The minimum atomic E-state index is -0.192. The average Bonchev–Trinajstić information content (AvgIpc) is 3.08. The van der Waals surface area contributed by atoms with Gasteiger partial charge in [-0.2, -0.15) is 0 Å². The number of rotatable bonds is 6. The second-order valence-corrected chi connectivity index (χ2v) is 6.17. The number of hydrogen-bond donors (Lipinski definition) is 1. The van der Waals surface area contributed by atoms with Gasteiger partial charge in [-0.25, -0.2) is 0 Å². The SMILES string of the molecule is C=CCc1cc(C(=O)Nc2ccc(N3CCCC3=O)cc2)ccc1OC. The summed E-state index contributed by atoms with van der Waals surface area (Å²) in [7, 11) is 1.61. The highest BCUT2D eigenvalue weighted by atomic mass is 16.5. The first kappa shape index (κ1) is 17.7. The lowest BCUT2D eigenvalue weighted by Gasteiger charge is -2.16. The summed E-state index contributed by atoms with van der Waals surface area (Å²) >= 11 is 0. The van der Waals surface area contributed by atoms with Crippen LogP contribution in [0, 0.1) is 0 Å². The summed E-state index contributed by atoms with van der Waals surface area (Å²) in [5.74, 6) is 0.693. The molecular weight excluding hydrogens is 328 g/mol. The Bertz CT molecular complexity index is 828. The van der Waals surface area contributed by atoms with Gasteiger partial charge < -0.3 is 15.0 Å².